The van der Waals surface area contributed by atoms with Crippen molar-refractivity contribution >= 4 is 10.0 Å². The SMILES string of the molecule is O=S1(=O)CCCN1C1(CO)CCCC1. The molecule has 4 nitrogen and oxygen atoms in total. The van der Waals surface area contributed by atoms with Crippen LogP contribution in [0.3, 0.4) is 0 Å². The highest BCUT2D eigenvalue weighted by Crippen LogP contribution is 2.38. The molecule has 1 heterocycles. The Morgan fingerprint density at radius 1 is 1.21 bits per heavy atom. The van der Waals surface area contributed by atoms with Gasteiger partial charge in [-0.05, 0) is 19.3 Å². The molecule has 1 aliphatic carbocycles. The Balaban J connectivity index is 2.28. The molecule has 82 valence electrons. The van der Waals surface area contributed by atoms with Crippen LogP contribution in [0.15, 0.2) is 0 Å². The van der Waals surface area contributed by atoms with Gasteiger partial charge in [0.15, 0.2) is 0 Å². The summed E-state index contributed by atoms with van der Waals surface area (Å²) in [5.41, 5.74) is -0.449. The van der Waals surface area contributed by atoms with Crippen molar-refractivity contribution in [1.29, 1.82) is 0 Å². The average Bonchev–Trinajstić information content (AvgIpc) is 2.71. The molecule has 0 bridgehead atoms. The summed E-state index contributed by atoms with van der Waals surface area (Å²) in [6.45, 7) is 0.578. The second kappa shape index (κ2) is 3.47. The van der Waals surface area contributed by atoms with Crippen molar-refractivity contribution in [2.75, 3.05) is 18.9 Å². The molecule has 0 radical (unpaired) electrons. The van der Waals surface area contributed by atoms with Crippen LogP contribution in [0.2, 0.25) is 0 Å². The zero-order valence-electron chi connectivity index (χ0n) is 8.28. The summed E-state index contributed by atoms with van der Waals surface area (Å²) in [5, 5.41) is 9.40. The molecule has 2 rings (SSSR count). The van der Waals surface area contributed by atoms with Crippen molar-refractivity contribution in [1.82, 2.24) is 4.31 Å². The third-order valence-electron chi connectivity index (χ3n) is 3.46. The second-order valence-electron chi connectivity index (χ2n) is 4.33. The number of aliphatic hydroxyl groups is 1. The van der Waals surface area contributed by atoms with E-state index in [0.29, 0.717) is 13.0 Å². The van der Waals surface area contributed by atoms with E-state index < -0.39 is 15.6 Å². The van der Waals surface area contributed by atoms with Gasteiger partial charge in [-0.1, -0.05) is 12.8 Å². The van der Waals surface area contributed by atoms with Gasteiger partial charge in [0.1, 0.15) is 0 Å². The van der Waals surface area contributed by atoms with Crippen LogP contribution in [0.5, 0.6) is 0 Å². The van der Waals surface area contributed by atoms with Crippen molar-refractivity contribution in [2.24, 2.45) is 0 Å². The average molecular weight is 219 g/mol. The minimum Gasteiger partial charge on any atom is -0.394 e. The first-order valence-electron chi connectivity index (χ1n) is 5.22. The highest BCUT2D eigenvalue weighted by atomic mass is 32.2. The minimum absolute atomic E-state index is 0.0216. The molecular weight excluding hydrogens is 202 g/mol. The van der Waals surface area contributed by atoms with E-state index in [0.717, 1.165) is 25.7 Å². The Morgan fingerprint density at radius 2 is 1.86 bits per heavy atom. The van der Waals surface area contributed by atoms with Gasteiger partial charge >= 0.3 is 0 Å². The van der Waals surface area contributed by atoms with Crippen LogP contribution in [-0.2, 0) is 10.0 Å². The number of rotatable bonds is 2. The Kier molecular flexibility index (Phi) is 2.57. The first kappa shape index (κ1) is 10.4. The maximum atomic E-state index is 11.7. The van der Waals surface area contributed by atoms with E-state index in [2.05, 4.69) is 0 Å². The van der Waals surface area contributed by atoms with E-state index in [-0.39, 0.29) is 12.4 Å². The van der Waals surface area contributed by atoms with Gasteiger partial charge in [0, 0.05) is 6.54 Å². The van der Waals surface area contributed by atoms with Crippen LogP contribution in [0.25, 0.3) is 0 Å². The smallest absolute Gasteiger partial charge is 0.214 e. The van der Waals surface area contributed by atoms with Gasteiger partial charge in [-0.25, -0.2) is 8.42 Å². The fourth-order valence-corrected chi connectivity index (χ4v) is 4.64. The molecule has 1 N–H and O–H groups in total. The first-order valence-corrected chi connectivity index (χ1v) is 6.83. The molecule has 2 aliphatic rings. The molecule has 0 spiro atoms. The van der Waals surface area contributed by atoms with Crippen molar-refractivity contribution in [2.45, 2.75) is 37.6 Å². The third kappa shape index (κ3) is 1.47. The molecule has 2 fully saturated rings. The standard InChI is InChI=1S/C9H17NO3S/c11-8-9(4-1-2-5-9)10-6-3-7-14(10,12)13/h11H,1-8H2. The molecule has 1 aliphatic heterocycles. The molecule has 1 saturated heterocycles. The monoisotopic (exact) mass is 219 g/mol. The van der Waals surface area contributed by atoms with Crippen molar-refractivity contribution in [3.05, 3.63) is 0 Å². The van der Waals surface area contributed by atoms with E-state index in [1.807, 2.05) is 0 Å². The number of hydrogen-bond acceptors (Lipinski definition) is 3. The van der Waals surface area contributed by atoms with Gasteiger partial charge in [-0.2, -0.15) is 4.31 Å². The van der Waals surface area contributed by atoms with E-state index in [1.54, 1.807) is 4.31 Å². The lowest BCUT2D eigenvalue weighted by atomic mass is 9.99. The lowest BCUT2D eigenvalue weighted by Crippen LogP contribution is -2.50. The van der Waals surface area contributed by atoms with E-state index in [4.69, 9.17) is 0 Å². The minimum atomic E-state index is -3.07. The highest BCUT2D eigenvalue weighted by molar-refractivity contribution is 7.89. The predicted octanol–water partition coefficient (Wildman–Crippen LogP) is 0.327. The summed E-state index contributed by atoms with van der Waals surface area (Å²) < 4.78 is 25.0. The van der Waals surface area contributed by atoms with Gasteiger partial charge in [0.25, 0.3) is 0 Å². The summed E-state index contributed by atoms with van der Waals surface area (Å²) >= 11 is 0. The Bertz CT molecular complexity index is 306. The van der Waals surface area contributed by atoms with Crippen LogP contribution >= 0.6 is 0 Å². The zero-order chi connectivity index (χ0) is 10.2. The Labute approximate surface area is 85.0 Å². The maximum Gasteiger partial charge on any atom is 0.214 e. The summed E-state index contributed by atoms with van der Waals surface area (Å²) in [7, 11) is -3.07. The third-order valence-corrected chi connectivity index (χ3v) is 5.50. The fourth-order valence-electron chi connectivity index (χ4n) is 2.69. The zero-order valence-corrected chi connectivity index (χ0v) is 9.09. The largest absolute Gasteiger partial charge is 0.394 e. The quantitative estimate of drug-likeness (QED) is 0.728. The van der Waals surface area contributed by atoms with Gasteiger partial charge in [-0.15, -0.1) is 0 Å². The first-order chi connectivity index (χ1) is 6.61. The lowest BCUT2D eigenvalue weighted by molar-refractivity contribution is 0.102. The summed E-state index contributed by atoms with van der Waals surface area (Å²) in [6, 6.07) is 0. The van der Waals surface area contributed by atoms with Crippen LogP contribution in [0.4, 0.5) is 0 Å². The topological polar surface area (TPSA) is 57.6 Å². The Morgan fingerprint density at radius 3 is 2.29 bits per heavy atom. The van der Waals surface area contributed by atoms with Gasteiger partial charge < -0.3 is 5.11 Å². The number of nitrogens with zero attached hydrogens (tertiary/aromatic N) is 1. The number of aliphatic hydroxyl groups excluding tert-OH is 1. The number of hydrogen-bond donors (Lipinski definition) is 1. The Hall–Kier alpha value is -0.130. The fraction of sp³-hybridized carbons (Fsp3) is 1.00. The van der Waals surface area contributed by atoms with Crippen molar-refractivity contribution in [3.63, 3.8) is 0 Å². The molecule has 0 amide bonds. The van der Waals surface area contributed by atoms with Crippen molar-refractivity contribution < 1.29 is 13.5 Å². The van der Waals surface area contributed by atoms with Gasteiger partial charge in [0.05, 0.1) is 17.9 Å². The van der Waals surface area contributed by atoms with E-state index in [1.165, 1.54) is 0 Å². The van der Waals surface area contributed by atoms with Crippen LogP contribution in [0.1, 0.15) is 32.1 Å². The van der Waals surface area contributed by atoms with E-state index >= 15 is 0 Å². The van der Waals surface area contributed by atoms with Gasteiger partial charge in [0.2, 0.25) is 10.0 Å². The molecule has 1 saturated carbocycles. The van der Waals surface area contributed by atoms with Crippen molar-refractivity contribution in [3.8, 4) is 0 Å². The summed E-state index contributed by atoms with van der Waals surface area (Å²) in [5.74, 6) is 0.259. The maximum absolute atomic E-state index is 11.7. The van der Waals surface area contributed by atoms with Crippen LogP contribution in [0, 0.1) is 0 Å². The molecule has 5 heteroatoms. The normalized spacial score (nSPS) is 30.9. The molecular formula is C9H17NO3S. The van der Waals surface area contributed by atoms with Gasteiger partial charge in [-0.3, -0.25) is 0 Å². The van der Waals surface area contributed by atoms with Crippen LogP contribution in [-0.4, -0.2) is 42.3 Å². The molecule has 0 aromatic rings. The summed E-state index contributed by atoms with van der Waals surface area (Å²) in [4.78, 5) is 0. The van der Waals surface area contributed by atoms with E-state index in [9.17, 15) is 13.5 Å². The highest BCUT2D eigenvalue weighted by Gasteiger charge is 2.46. The number of sulfonamides is 1. The predicted molar refractivity (Wildman–Crippen MR) is 53.4 cm³/mol. The van der Waals surface area contributed by atoms with Crippen LogP contribution < -0.4 is 0 Å². The molecule has 0 aromatic heterocycles. The molecule has 0 aromatic carbocycles. The lowest BCUT2D eigenvalue weighted by Gasteiger charge is -2.35. The summed E-state index contributed by atoms with van der Waals surface area (Å²) in [6.07, 6.45) is 4.43. The molecule has 0 unspecified atom stereocenters. The molecule has 14 heavy (non-hydrogen) atoms. The molecule has 0 atom stereocenters. The second-order valence-corrected chi connectivity index (χ2v) is 6.34.